The monoisotopic (exact) mass is 639 g/mol. The Morgan fingerprint density at radius 2 is 1.69 bits per heavy atom. The first kappa shape index (κ1) is 31.7. The van der Waals surface area contributed by atoms with Crippen molar-refractivity contribution < 1.29 is 35.9 Å². The van der Waals surface area contributed by atoms with Crippen molar-refractivity contribution in [3.63, 3.8) is 0 Å². The maximum Gasteiger partial charge on any atom is 0.262 e. The first-order chi connectivity index (χ1) is 19.7. The number of para-hydroxylation sites is 1. The summed E-state index contributed by atoms with van der Waals surface area (Å²) < 4.78 is 76.3. The number of sulfonamides is 2. The van der Waals surface area contributed by atoms with Gasteiger partial charge in [0, 0.05) is 24.5 Å². The van der Waals surface area contributed by atoms with Crippen LogP contribution in [0, 0.1) is 11.7 Å². The number of anilines is 1. The fraction of sp³-hybridized carbons (Fsp3) is 0.321. The lowest BCUT2D eigenvalue weighted by Gasteiger charge is -2.38. The van der Waals surface area contributed by atoms with Gasteiger partial charge in [-0.05, 0) is 67.6 Å². The first-order valence-electron chi connectivity index (χ1n) is 13.0. The summed E-state index contributed by atoms with van der Waals surface area (Å²) in [4.78, 5) is 14.9. The molecule has 0 radical (unpaired) electrons. The van der Waals surface area contributed by atoms with Crippen LogP contribution in [0.2, 0.25) is 5.02 Å². The van der Waals surface area contributed by atoms with Crippen LogP contribution in [0.25, 0.3) is 0 Å². The number of carbonyl (C=O) groups is 1. The number of benzene rings is 3. The maximum atomic E-state index is 13.7. The number of ether oxygens (including phenoxy) is 1. The Bertz CT molecular complexity index is 1650. The Hall–Kier alpha value is -3.23. The number of aliphatic hydroxyl groups is 1. The van der Waals surface area contributed by atoms with Crippen molar-refractivity contribution in [1.29, 1.82) is 0 Å². The molecule has 0 bridgehead atoms. The van der Waals surface area contributed by atoms with E-state index in [9.17, 15) is 31.1 Å². The van der Waals surface area contributed by atoms with Crippen molar-refractivity contribution in [1.82, 2.24) is 9.21 Å². The number of aliphatic hydroxyl groups excluding tert-OH is 1. The van der Waals surface area contributed by atoms with Gasteiger partial charge in [-0.15, -0.1) is 0 Å². The zero-order valence-corrected chi connectivity index (χ0v) is 25.5. The summed E-state index contributed by atoms with van der Waals surface area (Å²) in [5.41, 5.74) is 0.00287. The molecule has 0 aliphatic carbocycles. The molecule has 0 aromatic heterocycles. The molecular weight excluding hydrogens is 609 g/mol. The second-order valence-corrected chi connectivity index (χ2v) is 14.3. The van der Waals surface area contributed by atoms with Gasteiger partial charge in [0.2, 0.25) is 10.0 Å². The van der Waals surface area contributed by atoms with Gasteiger partial charge in [-0.1, -0.05) is 24.6 Å². The van der Waals surface area contributed by atoms with Gasteiger partial charge in [0.15, 0.2) is 5.75 Å². The molecule has 0 spiro atoms. The molecular formula is C28H31ClFN3O7S2. The molecule has 42 heavy (non-hydrogen) atoms. The average Bonchev–Trinajstić information content (AvgIpc) is 2.95. The number of nitrogens with one attached hydrogen (secondary N) is 1. The van der Waals surface area contributed by atoms with Crippen LogP contribution in [0.4, 0.5) is 10.1 Å². The summed E-state index contributed by atoms with van der Waals surface area (Å²) in [5, 5.41) is 10.2. The minimum atomic E-state index is -4.14. The molecule has 2 N–H and O–H groups in total. The third-order valence-corrected chi connectivity index (χ3v) is 10.5. The molecule has 3 atom stereocenters. The Labute approximate surface area is 249 Å². The van der Waals surface area contributed by atoms with Gasteiger partial charge in [-0.3, -0.25) is 9.52 Å². The van der Waals surface area contributed by atoms with Crippen molar-refractivity contribution in [2.45, 2.75) is 35.8 Å². The lowest BCUT2D eigenvalue weighted by Crippen LogP contribution is -2.50. The number of rotatable bonds is 9. The van der Waals surface area contributed by atoms with Crippen LogP contribution < -0.4 is 9.46 Å². The molecule has 1 heterocycles. The number of likely N-dealkylation sites (N-methyl/N-ethyl adjacent to an activating group) is 1. The van der Waals surface area contributed by atoms with E-state index >= 15 is 0 Å². The lowest BCUT2D eigenvalue weighted by atomic mass is 9.99. The molecule has 0 saturated heterocycles. The molecule has 0 fully saturated rings. The largest absolute Gasteiger partial charge is 0.486 e. The molecule has 226 valence electrons. The topological polar surface area (TPSA) is 133 Å². The Morgan fingerprint density at radius 3 is 2.31 bits per heavy atom. The lowest BCUT2D eigenvalue weighted by molar-refractivity contribution is 0.0389. The predicted octanol–water partition coefficient (Wildman–Crippen LogP) is 3.82. The second-order valence-electron chi connectivity index (χ2n) is 10.1. The van der Waals surface area contributed by atoms with E-state index in [-0.39, 0.29) is 46.5 Å². The zero-order valence-electron chi connectivity index (χ0n) is 23.1. The number of carbonyl (C=O) groups excluding carboxylic acids is 1. The third-order valence-electron chi connectivity index (χ3n) is 7.02. The van der Waals surface area contributed by atoms with E-state index < -0.39 is 49.8 Å². The summed E-state index contributed by atoms with van der Waals surface area (Å²) in [7, 11) is -6.85. The molecule has 3 aromatic rings. The van der Waals surface area contributed by atoms with Crippen LogP contribution in [-0.4, -0.2) is 75.9 Å². The van der Waals surface area contributed by atoms with Gasteiger partial charge in [-0.2, -0.15) is 4.31 Å². The normalized spacial score (nSPS) is 18.5. The zero-order chi connectivity index (χ0) is 30.8. The van der Waals surface area contributed by atoms with Crippen molar-refractivity contribution in [3.8, 4) is 5.75 Å². The van der Waals surface area contributed by atoms with Gasteiger partial charge in [0.1, 0.15) is 11.9 Å². The summed E-state index contributed by atoms with van der Waals surface area (Å²) in [5.74, 6) is -1.62. The van der Waals surface area contributed by atoms with Crippen LogP contribution in [0.1, 0.15) is 24.2 Å². The average molecular weight is 640 g/mol. The summed E-state index contributed by atoms with van der Waals surface area (Å²) in [6.45, 7) is 3.03. The van der Waals surface area contributed by atoms with Crippen LogP contribution in [0.15, 0.2) is 76.5 Å². The highest BCUT2D eigenvalue weighted by Crippen LogP contribution is 2.36. The number of fused-ring (bicyclic) bond motifs is 1. The molecule has 0 saturated carbocycles. The smallest absolute Gasteiger partial charge is 0.262 e. The molecule has 3 aromatic carbocycles. The number of amides is 1. The molecule has 14 heteroatoms. The molecule has 1 amide bonds. The molecule has 4 rings (SSSR count). The van der Waals surface area contributed by atoms with E-state index in [1.54, 1.807) is 13.8 Å². The Kier molecular flexibility index (Phi) is 9.48. The van der Waals surface area contributed by atoms with Crippen LogP contribution in [0.5, 0.6) is 5.75 Å². The van der Waals surface area contributed by atoms with Gasteiger partial charge in [0.05, 0.1) is 40.2 Å². The maximum absolute atomic E-state index is 13.7. The van der Waals surface area contributed by atoms with E-state index in [4.69, 9.17) is 16.3 Å². The van der Waals surface area contributed by atoms with E-state index in [0.717, 1.165) is 28.6 Å². The van der Waals surface area contributed by atoms with Gasteiger partial charge in [-0.25, -0.2) is 21.2 Å². The van der Waals surface area contributed by atoms with Gasteiger partial charge < -0.3 is 14.7 Å². The minimum absolute atomic E-state index is 0.0319. The summed E-state index contributed by atoms with van der Waals surface area (Å²) in [6, 6.07) is 13.7. The Balaban J connectivity index is 1.76. The van der Waals surface area contributed by atoms with Gasteiger partial charge in [0.25, 0.3) is 15.9 Å². The molecule has 0 unspecified atom stereocenters. The van der Waals surface area contributed by atoms with E-state index in [2.05, 4.69) is 4.72 Å². The number of hydrogen-bond acceptors (Lipinski definition) is 7. The number of hydrogen-bond donors (Lipinski definition) is 2. The molecule has 1 aliphatic rings. The van der Waals surface area contributed by atoms with Crippen molar-refractivity contribution >= 4 is 43.2 Å². The fourth-order valence-corrected chi connectivity index (χ4v) is 6.87. The third kappa shape index (κ3) is 6.70. The first-order valence-corrected chi connectivity index (χ1v) is 16.3. The van der Waals surface area contributed by atoms with E-state index in [1.807, 2.05) is 0 Å². The highest BCUT2D eigenvalue weighted by atomic mass is 35.5. The SMILES string of the molecule is C[C@H](CO)N1C[C@H](C)[C@H](CN(C)S(=O)(=O)c2ccc(F)cc2)Oc2c(NS(=O)(=O)c3ccc(Cl)cc3)cccc2C1=O. The Morgan fingerprint density at radius 1 is 1.07 bits per heavy atom. The highest BCUT2D eigenvalue weighted by molar-refractivity contribution is 7.92. The second kappa shape index (κ2) is 12.6. The summed E-state index contributed by atoms with van der Waals surface area (Å²) in [6.07, 6.45) is -0.869. The van der Waals surface area contributed by atoms with Gasteiger partial charge >= 0.3 is 0 Å². The minimum Gasteiger partial charge on any atom is -0.486 e. The van der Waals surface area contributed by atoms with Crippen LogP contribution >= 0.6 is 11.6 Å². The fourth-order valence-electron chi connectivity index (χ4n) is 4.50. The van der Waals surface area contributed by atoms with Crippen LogP contribution in [-0.2, 0) is 20.0 Å². The summed E-state index contributed by atoms with van der Waals surface area (Å²) >= 11 is 5.91. The van der Waals surface area contributed by atoms with Crippen molar-refractivity contribution in [2.24, 2.45) is 5.92 Å². The van der Waals surface area contributed by atoms with Crippen LogP contribution in [0.3, 0.4) is 0 Å². The van der Waals surface area contributed by atoms with Crippen molar-refractivity contribution in [2.75, 3.05) is 31.5 Å². The highest BCUT2D eigenvalue weighted by Gasteiger charge is 2.36. The predicted molar refractivity (Wildman–Crippen MR) is 156 cm³/mol. The molecule has 10 nitrogen and oxygen atoms in total. The number of nitrogens with zero attached hydrogens (tertiary/aromatic N) is 2. The van der Waals surface area contributed by atoms with E-state index in [1.165, 1.54) is 54.4 Å². The van der Waals surface area contributed by atoms with Crippen molar-refractivity contribution in [3.05, 3.63) is 83.1 Å². The standard InChI is InChI=1S/C28H31ClFN3O7S2/c1-18-15-33(19(2)17-34)28(35)24-5-4-6-25(31-41(36,37)22-11-7-20(29)8-12-22)27(24)40-26(18)16-32(3)42(38,39)23-13-9-21(30)10-14-23/h4-14,18-19,26,31,34H,15-17H2,1-3H3/t18-,19+,26-/m0/s1. The number of halogens is 2. The van der Waals surface area contributed by atoms with E-state index in [0.29, 0.717) is 5.02 Å². The quantitative estimate of drug-likeness (QED) is 0.364. The molecule has 1 aliphatic heterocycles.